The molecule has 0 radical (unpaired) electrons. The molecule has 0 unspecified atom stereocenters. The number of hydrogen-bond donors (Lipinski definition) is 1. The Morgan fingerprint density at radius 1 is 1.09 bits per heavy atom. The van der Waals surface area contributed by atoms with Gasteiger partial charge in [-0.25, -0.2) is 13.6 Å². The number of anilines is 1. The van der Waals surface area contributed by atoms with Crippen LogP contribution in [0.5, 0.6) is 0 Å². The third-order valence-corrected chi connectivity index (χ3v) is 7.04. The first-order chi connectivity index (χ1) is 20.7. The average molecular weight is 611 g/mol. The number of Topliss-reactive ketones (excluding diaryl/α,β-unsaturated/α-hetero) is 1. The number of hydrogen-bond acceptors (Lipinski definition) is 5. The number of alkyl halides is 3. The van der Waals surface area contributed by atoms with Gasteiger partial charge in [0.1, 0.15) is 11.6 Å². The lowest BCUT2D eigenvalue weighted by Crippen LogP contribution is -2.19. The lowest BCUT2D eigenvalue weighted by atomic mass is 9.86. The number of carbonyl (C=O) groups is 2. The number of nitrogens with zero attached hydrogens (tertiary/aromatic N) is 5. The van der Waals surface area contributed by atoms with Crippen LogP contribution in [0.4, 0.5) is 33.3 Å². The Balaban J connectivity index is 1.77. The Morgan fingerprint density at radius 2 is 1.77 bits per heavy atom. The second-order valence-corrected chi connectivity index (χ2v) is 10.4. The molecule has 2 aromatic heterocycles. The van der Waals surface area contributed by atoms with Crippen LogP contribution >= 0.6 is 0 Å². The summed E-state index contributed by atoms with van der Waals surface area (Å²) >= 11 is 0. The Morgan fingerprint density at radius 3 is 2.34 bits per heavy atom. The lowest BCUT2D eigenvalue weighted by Gasteiger charge is -2.21. The highest BCUT2D eigenvalue weighted by atomic mass is 19.4. The molecule has 13 heteroatoms. The fourth-order valence-corrected chi connectivity index (χ4v) is 5.08. The predicted octanol–water partition coefficient (Wildman–Crippen LogP) is 6.25. The lowest BCUT2D eigenvalue weighted by molar-refractivity contribution is -0.141. The third-order valence-electron chi connectivity index (χ3n) is 7.04. The maximum atomic E-state index is 14.1. The average Bonchev–Trinajstić information content (AvgIpc) is 3.26. The summed E-state index contributed by atoms with van der Waals surface area (Å²) in [5.74, 6) is -3.68. The van der Waals surface area contributed by atoms with Gasteiger partial charge in [0, 0.05) is 55.6 Å². The molecule has 0 saturated heterocycles. The van der Waals surface area contributed by atoms with E-state index in [9.17, 15) is 31.5 Å². The molecule has 8 nitrogen and oxygen atoms in total. The standard InChI is InChI=1S/C31H27F5N6O2/c1-17-27(38-2)29(31(34,35)36)40-42(17)16-23(43)13-20(10-18-11-21(32)15-22(33)12-18)28-24(6-5-9-39-28)19-7-8-26(41(3)4)25(14-19)30(37)44/h5-9,11-12,14-15,20H,10,13,16H2,1,3-4H3,(H2,37,44)/t20-/m1/s1. The van der Waals surface area contributed by atoms with Crippen molar-refractivity contribution >= 4 is 23.1 Å². The van der Waals surface area contributed by atoms with Gasteiger partial charge in [-0.15, -0.1) is 0 Å². The summed E-state index contributed by atoms with van der Waals surface area (Å²) in [5, 5.41) is 3.49. The van der Waals surface area contributed by atoms with E-state index in [1.54, 1.807) is 49.3 Å². The maximum Gasteiger partial charge on any atom is 0.425 e. The van der Waals surface area contributed by atoms with Crippen LogP contribution in [0.3, 0.4) is 0 Å². The first-order valence-electron chi connectivity index (χ1n) is 13.2. The van der Waals surface area contributed by atoms with Crippen LogP contribution in [-0.2, 0) is 23.9 Å². The van der Waals surface area contributed by atoms with Crippen LogP contribution in [0.1, 0.15) is 45.3 Å². The third kappa shape index (κ3) is 6.91. The quantitative estimate of drug-likeness (QED) is 0.169. The monoisotopic (exact) mass is 610 g/mol. The minimum Gasteiger partial charge on any atom is -0.377 e. The van der Waals surface area contributed by atoms with Crippen molar-refractivity contribution in [1.82, 2.24) is 14.8 Å². The fraction of sp³-hybridized carbons (Fsp3) is 0.258. The molecule has 2 aromatic carbocycles. The van der Waals surface area contributed by atoms with Crippen molar-refractivity contribution in [3.8, 4) is 11.1 Å². The molecular weight excluding hydrogens is 583 g/mol. The largest absolute Gasteiger partial charge is 0.425 e. The molecule has 1 atom stereocenters. The highest BCUT2D eigenvalue weighted by molar-refractivity contribution is 6.00. The molecule has 1 amide bonds. The number of pyridine rings is 1. The van der Waals surface area contributed by atoms with Crippen molar-refractivity contribution in [2.45, 2.75) is 38.4 Å². The van der Waals surface area contributed by atoms with Crippen LogP contribution in [0.2, 0.25) is 0 Å². The van der Waals surface area contributed by atoms with E-state index in [4.69, 9.17) is 12.3 Å². The summed E-state index contributed by atoms with van der Waals surface area (Å²) in [6.07, 6.45) is -3.77. The Kier molecular flexibility index (Phi) is 9.13. The molecule has 44 heavy (non-hydrogen) atoms. The second kappa shape index (κ2) is 12.6. The minimum absolute atomic E-state index is 0.0535. The molecule has 228 valence electrons. The van der Waals surface area contributed by atoms with Crippen LogP contribution in [0.25, 0.3) is 16.0 Å². The molecule has 4 aromatic rings. The van der Waals surface area contributed by atoms with Crippen molar-refractivity contribution in [2.24, 2.45) is 5.73 Å². The molecule has 2 heterocycles. The van der Waals surface area contributed by atoms with E-state index in [1.807, 2.05) is 0 Å². The summed E-state index contributed by atoms with van der Waals surface area (Å²) in [6, 6.07) is 11.3. The van der Waals surface area contributed by atoms with Crippen LogP contribution in [0.15, 0.2) is 54.7 Å². The molecule has 0 aliphatic heterocycles. The van der Waals surface area contributed by atoms with Gasteiger partial charge in [0.25, 0.3) is 5.91 Å². The molecule has 4 rings (SSSR count). The summed E-state index contributed by atoms with van der Waals surface area (Å²) < 4.78 is 69.4. The zero-order chi connectivity index (χ0) is 32.3. The highest BCUT2D eigenvalue weighted by Gasteiger charge is 2.39. The Labute approximate surface area is 249 Å². The molecule has 0 aliphatic carbocycles. The molecule has 0 saturated carbocycles. The number of halogens is 5. The van der Waals surface area contributed by atoms with Crippen LogP contribution in [-0.4, -0.2) is 40.6 Å². The number of benzene rings is 2. The SMILES string of the molecule is [C-]#[N+]c1c(C(F)(F)F)nn(CC(=O)C[C@@H](Cc2cc(F)cc(F)c2)c2ncccc2-c2ccc(N(C)C)c(C(N)=O)c2)c1C. The summed E-state index contributed by atoms with van der Waals surface area (Å²) in [7, 11) is 3.49. The number of rotatable bonds is 10. The van der Waals surface area contributed by atoms with Gasteiger partial charge < -0.3 is 10.6 Å². The molecule has 0 spiro atoms. The van der Waals surface area contributed by atoms with Crippen molar-refractivity contribution in [1.29, 1.82) is 0 Å². The van der Waals surface area contributed by atoms with E-state index in [1.165, 1.54) is 13.1 Å². The van der Waals surface area contributed by atoms with Crippen LogP contribution in [0, 0.1) is 25.1 Å². The number of carbonyl (C=O) groups excluding carboxylic acids is 2. The van der Waals surface area contributed by atoms with Gasteiger partial charge in [0.15, 0.2) is 11.5 Å². The topological polar surface area (TPSA) is 98.5 Å². The molecule has 0 fully saturated rings. The molecule has 0 bridgehead atoms. The van der Waals surface area contributed by atoms with Gasteiger partial charge in [-0.05, 0) is 54.8 Å². The normalized spacial score (nSPS) is 12.1. The van der Waals surface area contributed by atoms with Crippen molar-refractivity contribution in [2.75, 3.05) is 19.0 Å². The smallest absolute Gasteiger partial charge is 0.377 e. The van der Waals surface area contributed by atoms with E-state index in [0.717, 1.165) is 16.8 Å². The summed E-state index contributed by atoms with van der Waals surface area (Å²) in [4.78, 5) is 34.8. The predicted molar refractivity (Wildman–Crippen MR) is 153 cm³/mol. The number of aromatic nitrogens is 3. The maximum absolute atomic E-state index is 14.1. The number of primary amides is 1. The van der Waals surface area contributed by atoms with Gasteiger partial charge in [-0.1, -0.05) is 12.1 Å². The first kappa shape index (κ1) is 31.8. The summed E-state index contributed by atoms with van der Waals surface area (Å²) in [5.41, 5.74) is 5.86. The summed E-state index contributed by atoms with van der Waals surface area (Å²) in [6.45, 7) is 7.84. The Hall–Kier alpha value is -5.12. The number of amides is 1. The van der Waals surface area contributed by atoms with Crippen molar-refractivity contribution in [3.63, 3.8) is 0 Å². The van der Waals surface area contributed by atoms with Gasteiger partial charge in [0.2, 0.25) is 5.69 Å². The zero-order valence-corrected chi connectivity index (χ0v) is 23.9. The van der Waals surface area contributed by atoms with E-state index >= 15 is 0 Å². The van der Waals surface area contributed by atoms with E-state index in [-0.39, 0.29) is 29.7 Å². The van der Waals surface area contributed by atoms with Gasteiger partial charge in [-0.2, -0.15) is 18.3 Å². The molecular formula is C31H27F5N6O2. The van der Waals surface area contributed by atoms with E-state index in [0.29, 0.717) is 28.6 Å². The van der Waals surface area contributed by atoms with Gasteiger partial charge in [-0.3, -0.25) is 19.3 Å². The molecule has 2 N–H and O–H groups in total. The van der Waals surface area contributed by atoms with Gasteiger partial charge in [0.05, 0.1) is 24.4 Å². The van der Waals surface area contributed by atoms with E-state index in [2.05, 4.69) is 14.9 Å². The number of ketones is 1. The molecule has 0 aliphatic rings. The van der Waals surface area contributed by atoms with Crippen LogP contribution < -0.4 is 10.6 Å². The number of nitrogens with two attached hydrogens (primary N) is 1. The van der Waals surface area contributed by atoms with Crippen molar-refractivity contribution < 1.29 is 31.5 Å². The second-order valence-electron chi connectivity index (χ2n) is 10.4. The fourth-order valence-electron chi connectivity index (χ4n) is 5.08. The Bertz CT molecular complexity index is 1750. The highest BCUT2D eigenvalue weighted by Crippen LogP contribution is 2.38. The van der Waals surface area contributed by atoms with Crippen molar-refractivity contribution in [3.05, 3.63) is 106 Å². The van der Waals surface area contributed by atoms with E-state index < -0.39 is 53.3 Å². The minimum atomic E-state index is -4.89. The van der Waals surface area contributed by atoms with Gasteiger partial charge >= 0.3 is 6.18 Å². The zero-order valence-electron chi connectivity index (χ0n) is 23.9. The first-order valence-corrected chi connectivity index (χ1v) is 13.2.